The smallest absolute Gasteiger partial charge is 0.409 e. The van der Waals surface area contributed by atoms with Crippen LogP contribution in [0.4, 0.5) is 4.79 Å². The molecule has 0 aliphatic heterocycles. The van der Waals surface area contributed by atoms with Gasteiger partial charge in [-0.1, -0.05) is 6.92 Å². The Labute approximate surface area is 98.1 Å². The van der Waals surface area contributed by atoms with Crippen LogP contribution in [0.15, 0.2) is 0 Å². The topological polar surface area (TPSA) is 55.6 Å². The lowest BCUT2D eigenvalue weighted by Crippen LogP contribution is -2.56. The number of hydrogen-bond acceptors (Lipinski definition) is 3. The molecule has 1 aliphatic rings. The maximum atomic E-state index is 11.7. The first-order chi connectivity index (χ1) is 7.55. The van der Waals surface area contributed by atoms with Crippen molar-refractivity contribution in [3.8, 4) is 0 Å². The highest BCUT2D eigenvalue weighted by Crippen LogP contribution is 2.35. The van der Waals surface area contributed by atoms with Gasteiger partial charge in [-0.3, -0.25) is 0 Å². The molecule has 4 nitrogen and oxygen atoms in total. The third-order valence-electron chi connectivity index (χ3n) is 3.84. The highest BCUT2D eigenvalue weighted by atomic mass is 16.6. The van der Waals surface area contributed by atoms with E-state index in [0.29, 0.717) is 13.2 Å². The highest BCUT2D eigenvalue weighted by Gasteiger charge is 2.39. The molecule has 0 saturated heterocycles. The van der Waals surface area contributed by atoms with Crippen molar-refractivity contribution < 1.29 is 9.53 Å². The Balaban J connectivity index is 2.68. The second kappa shape index (κ2) is 5.53. The van der Waals surface area contributed by atoms with Crippen LogP contribution < -0.4 is 5.73 Å². The number of carbonyl (C=O) groups excluding carboxylic acids is 1. The molecule has 2 N–H and O–H groups in total. The second-order valence-electron chi connectivity index (χ2n) is 4.87. The fourth-order valence-electron chi connectivity index (χ4n) is 2.39. The zero-order chi connectivity index (χ0) is 12.2. The molecule has 4 heteroatoms. The van der Waals surface area contributed by atoms with Crippen molar-refractivity contribution in [1.29, 1.82) is 0 Å². The van der Waals surface area contributed by atoms with Gasteiger partial charge >= 0.3 is 6.09 Å². The molecule has 0 aromatic heterocycles. The Hall–Kier alpha value is -0.770. The molecule has 1 amide bonds. The molecular weight excluding hydrogens is 204 g/mol. The van der Waals surface area contributed by atoms with Crippen LogP contribution >= 0.6 is 0 Å². The number of hydrogen-bond donors (Lipinski definition) is 1. The average molecular weight is 228 g/mol. The van der Waals surface area contributed by atoms with Gasteiger partial charge in [-0.2, -0.15) is 0 Å². The molecule has 0 unspecified atom stereocenters. The number of carbonyl (C=O) groups is 1. The Morgan fingerprint density at radius 3 is 2.50 bits per heavy atom. The molecular formula is C12H24N2O2. The van der Waals surface area contributed by atoms with E-state index < -0.39 is 0 Å². The Morgan fingerprint density at radius 1 is 1.50 bits per heavy atom. The van der Waals surface area contributed by atoms with Crippen LogP contribution in [0.2, 0.25) is 0 Å². The molecule has 0 bridgehead atoms. The zero-order valence-electron chi connectivity index (χ0n) is 10.7. The van der Waals surface area contributed by atoms with Gasteiger partial charge in [0.15, 0.2) is 0 Å². The summed E-state index contributed by atoms with van der Waals surface area (Å²) in [5.41, 5.74) is 5.69. The van der Waals surface area contributed by atoms with Crippen LogP contribution in [0, 0.1) is 5.92 Å². The molecule has 0 heterocycles. The van der Waals surface area contributed by atoms with Crippen LogP contribution in [0.1, 0.15) is 39.5 Å². The first-order valence-corrected chi connectivity index (χ1v) is 6.16. The van der Waals surface area contributed by atoms with Crippen LogP contribution in [-0.4, -0.2) is 36.7 Å². The molecule has 0 aromatic rings. The van der Waals surface area contributed by atoms with E-state index in [4.69, 9.17) is 10.5 Å². The predicted octanol–water partition coefficient (Wildman–Crippen LogP) is 1.98. The maximum absolute atomic E-state index is 11.7. The summed E-state index contributed by atoms with van der Waals surface area (Å²) < 4.78 is 5.04. The standard InChI is InChI=1S/C12H24N2O2/c1-4-16-11(15)14(3)12(9-13)7-5-10(2)6-8-12/h10H,4-9,13H2,1-3H3. The second-order valence-corrected chi connectivity index (χ2v) is 4.87. The monoisotopic (exact) mass is 228 g/mol. The minimum atomic E-state index is -0.248. The van der Waals surface area contributed by atoms with Crippen LogP contribution in [0.3, 0.4) is 0 Å². The minimum Gasteiger partial charge on any atom is -0.450 e. The van der Waals surface area contributed by atoms with E-state index in [1.807, 2.05) is 6.92 Å². The van der Waals surface area contributed by atoms with Crippen molar-refractivity contribution in [3.63, 3.8) is 0 Å². The molecule has 94 valence electrons. The van der Waals surface area contributed by atoms with E-state index in [9.17, 15) is 4.79 Å². The summed E-state index contributed by atoms with van der Waals surface area (Å²) in [6.45, 7) is 5.02. The maximum Gasteiger partial charge on any atom is 0.409 e. The quantitative estimate of drug-likeness (QED) is 0.803. The third-order valence-corrected chi connectivity index (χ3v) is 3.84. The molecule has 0 atom stereocenters. The van der Waals surface area contributed by atoms with E-state index in [1.165, 1.54) is 0 Å². The molecule has 0 radical (unpaired) electrons. The normalized spacial score (nSPS) is 29.9. The summed E-state index contributed by atoms with van der Waals surface area (Å²) in [7, 11) is 1.81. The average Bonchev–Trinajstić information content (AvgIpc) is 2.30. The predicted molar refractivity (Wildman–Crippen MR) is 64.2 cm³/mol. The van der Waals surface area contributed by atoms with Crippen LogP contribution in [0.25, 0.3) is 0 Å². The van der Waals surface area contributed by atoms with Gasteiger partial charge in [0.25, 0.3) is 0 Å². The molecule has 1 saturated carbocycles. The molecule has 0 spiro atoms. The number of nitrogens with two attached hydrogens (primary N) is 1. The summed E-state index contributed by atoms with van der Waals surface area (Å²) in [4.78, 5) is 13.4. The number of ether oxygens (including phenoxy) is 1. The van der Waals surface area contributed by atoms with Gasteiger partial charge in [0, 0.05) is 13.6 Å². The van der Waals surface area contributed by atoms with Crippen molar-refractivity contribution in [2.75, 3.05) is 20.2 Å². The van der Waals surface area contributed by atoms with E-state index in [2.05, 4.69) is 6.92 Å². The number of likely N-dealkylation sites (N-methyl/N-ethyl adjacent to an activating group) is 1. The van der Waals surface area contributed by atoms with Crippen molar-refractivity contribution in [2.45, 2.75) is 45.1 Å². The summed E-state index contributed by atoms with van der Waals surface area (Å²) in [5.74, 6) is 0.746. The molecule has 0 aromatic carbocycles. The van der Waals surface area contributed by atoms with Gasteiger partial charge in [0.05, 0.1) is 12.1 Å². The van der Waals surface area contributed by atoms with Gasteiger partial charge in [-0.25, -0.2) is 4.79 Å². The van der Waals surface area contributed by atoms with Gasteiger partial charge in [-0.05, 0) is 38.5 Å². The summed E-state index contributed by atoms with van der Waals surface area (Å²) in [6.07, 6.45) is 4.00. The molecule has 1 rings (SSSR count). The fourth-order valence-corrected chi connectivity index (χ4v) is 2.39. The summed E-state index contributed by atoms with van der Waals surface area (Å²) >= 11 is 0. The Morgan fingerprint density at radius 2 is 2.06 bits per heavy atom. The van der Waals surface area contributed by atoms with Gasteiger partial charge < -0.3 is 15.4 Å². The van der Waals surface area contributed by atoms with Crippen molar-refractivity contribution in [3.05, 3.63) is 0 Å². The van der Waals surface area contributed by atoms with Crippen molar-refractivity contribution >= 4 is 6.09 Å². The van der Waals surface area contributed by atoms with Gasteiger partial charge in [0.2, 0.25) is 0 Å². The highest BCUT2D eigenvalue weighted by molar-refractivity contribution is 5.68. The van der Waals surface area contributed by atoms with E-state index in [0.717, 1.165) is 31.6 Å². The molecule has 1 fully saturated rings. The Bertz CT molecular complexity index is 235. The fraction of sp³-hybridized carbons (Fsp3) is 0.917. The van der Waals surface area contributed by atoms with Gasteiger partial charge in [-0.15, -0.1) is 0 Å². The van der Waals surface area contributed by atoms with E-state index in [1.54, 1.807) is 11.9 Å². The SMILES string of the molecule is CCOC(=O)N(C)C1(CN)CCC(C)CC1. The van der Waals surface area contributed by atoms with Crippen molar-refractivity contribution in [1.82, 2.24) is 4.90 Å². The van der Waals surface area contributed by atoms with Gasteiger partial charge in [0.1, 0.15) is 0 Å². The zero-order valence-corrected chi connectivity index (χ0v) is 10.7. The lowest BCUT2D eigenvalue weighted by Gasteiger charge is -2.44. The Kier molecular flexibility index (Phi) is 4.59. The number of nitrogens with zero attached hydrogens (tertiary/aromatic N) is 1. The third kappa shape index (κ3) is 2.67. The van der Waals surface area contributed by atoms with E-state index in [-0.39, 0.29) is 11.6 Å². The summed E-state index contributed by atoms with van der Waals surface area (Å²) in [5, 5.41) is 0. The first kappa shape index (κ1) is 13.3. The molecule has 16 heavy (non-hydrogen) atoms. The van der Waals surface area contributed by atoms with E-state index >= 15 is 0 Å². The largest absolute Gasteiger partial charge is 0.450 e. The lowest BCUT2D eigenvalue weighted by atomic mass is 9.76. The molecule has 1 aliphatic carbocycles. The van der Waals surface area contributed by atoms with Crippen LogP contribution in [-0.2, 0) is 4.74 Å². The number of amides is 1. The van der Waals surface area contributed by atoms with Crippen molar-refractivity contribution in [2.24, 2.45) is 11.7 Å². The number of rotatable bonds is 3. The van der Waals surface area contributed by atoms with Crippen LogP contribution in [0.5, 0.6) is 0 Å². The lowest BCUT2D eigenvalue weighted by molar-refractivity contribution is 0.0440. The minimum absolute atomic E-state index is 0.182. The first-order valence-electron chi connectivity index (χ1n) is 6.16. The summed E-state index contributed by atoms with van der Waals surface area (Å²) in [6, 6.07) is 0.